The van der Waals surface area contributed by atoms with Crippen LogP contribution in [0, 0.1) is 0 Å². The molecule has 0 aliphatic carbocycles. The highest BCUT2D eigenvalue weighted by molar-refractivity contribution is 5.91. The summed E-state index contributed by atoms with van der Waals surface area (Å²) in [7, 11) is 0. The van der Waals surface area contributed by atoms with E-state index in [0.717, 1.165) is 44.9 Å². The van der Waals surface area contributed by atoms with Gasteiger partial charge in [0.2, 0.25) is 0 Å². The van der Waals surface area contributed by atoms with E-state index in [1.54, 1.807) is 0 Å². The average Bonchev–Trinajstić information content (AvgIpc) is 2.93. The molecule has 1 heterocycles. The molecule has 1 rings (SSSR count). The molecule has 0 bridgehead atoms. The van der Waals surface area contributed by atoms with Crippen molar-refractivity contribution >= 4 is 11.9 Å². The summed E-state index contributed by atoms with van der Waals surface area (Å²) >= 11 is 0. The monoisotopic (exact) mass is 354 g/mol. The van der Waals surface area contributed by atoms with Gasteiger partial charge in [-0.2, -0.15) is 0 Å². The van der Waals surface area contributed by atoms with E-state index in [0.29, 0.717) is 18.4 Å². The van der Waals surface area contributed by atoms with Crippen molar-refractivity contribution in [1.29, 1.82) is 0 Å². The molecule has 1 unspecified atom stereocenters. The third kappa shape index (κ3) is 8.04. The summed E-state index contributed by atoms with van der Waals surface area (Å²) in [6, 6.07) is 0. The number of hydrogen-bond donors (Lipinski definition) is 1. The van der Waals surface area contributed by atoms with Gasteiger partial charge in [-0.25, -0.2) is 4.79 Å². The second kappa shape index (κ2) is 12.1. The lowest BCUT2D eigenvalue weighted by atomic mass is 9.98. The molecular weight excluding hydrogens is 320 g/mol. The Balaban J connectivity index is 2.41. The van der Waals surface area contributed by atoms with E-state index in [4.69, 9.17) is 9.47 Å². The molecule has 1 N–H and O–H groups in total. The summed E-state index contributed by atoms with van der Waals surface area (Å²) in [6.45, 7) is 3.87. The lowest BCUT2D eigenvalue weighted by Gasteiger charge is -2.24. The van der Waals surface area contributed by atoms with Gasteiger partial charge < -0.3 is 14.6 Å². The highest BCUT2D eigenvalue weighted by Crippen LogP contribution is 2.31. The molecule has 1 atom stereocenters. The number of cyclic esters (lactones) is 1. The van der Waals surface area contributed by atoms with Crippen LogP contribution in [0.3, 0.4) is 0 Å². The summed E-state index contributed by atoms with van der Waals surface area (Å²) in [6.07, 6.45) is 12.0. The van der Waals surface area contributed by atoms with Crippen LogP contribution < -0.4 is 0 Å². The van der Waals surface area contributed by atoms with Gasteiger partial charge in [0.25, 0.3) is 0 Å². The highest BCUT2D eigenvalue weighted by Gasteiger charge is 2.44. The Kier molecular flexibility index (Phi) is 10.5. The number of unbranched alkanes of at least 4 members (excludes halogenated alkanes) is 7. The molecule has 25 heavy (non-hydrogen) atoms. The molecule has 1 aliphatic rings. The van der Waals surface area contributed by atoms with Gasteiger partial charge in [0.15, 0.2) is 5.60 Å². The van der Waals surface area contributed by atoms with Crippen LogP contribution in [-0.4, -0.2) is 35.9 Å². The molecule has 0 aromatic carbocycles. The Morgan fingerprint density at radius 2 is 1.84 bits per heavy atom. The first-order chi connectivity index (χ1) is 12.1. The maximum atomic E-state index is 12.0. The summed E-state index contributed by atoms with van der Waals surface area (Å²) in [5, 5.41) is 9.66. The lowest BCUT2D eigenvalue weighted by Crippen LogP contribution is -2.39. The van der Waals surface area contributed by atoms with E-state index in [2.05, 4.69) is 13.8 Å². The Bertz CT molecular complexity index is 443. The van der Waals surface area contributed by atoms with Crippen molar-refractivity contribution in [2.45, 2.75) is 90.1 Å². The second-order valence-corrected chi connectivity index (χ2v) is 6.96. The number of hydrogen-bond acceptors (Lipinski definition) is 5. The first-order valence-electron chi connectivity index (χ1n) is 9.75. The largest absolute Gasteiger partial charge is 0.461 e. The molecule has 144 valence electrons. The molecule has 0 aromatic heterocycles. The van der Waals surface area contributed by atoms with Crippen molar-refractivity contribution in [2.24, 2.45) is 0 Å². The Morgan fingerprint density at radius 3 is 2.48 bits per heavy atom. The number of carbonyl (C=O) groups excluding carboxylic acids is 2. The lowest BCUT2D eigenvalue weighted by molar-refractivity contribution is -0.166. The molecule has 0 saturated carbocycles. The van der Waals surface area contributed by atoms with Crippen molar-refractivity contribution in [3.8, 4) is 0 Å². The number of esters is 2. The minimum atomic E-state index is -1.11. The normalized spacial score (nSPS) is 21.6. The first kappa shape index (κ1) is 21.7. The van der Waals surface area contributed by atoms with Crippen LogP contribution in [0.15, 0.2) is 11.6 Å². The van der Waals surface area contributed by atoms with E-state index in [-0.39, 0.29) is 19.2 Å². The molecule has 1 aliphatic heterocycles. The van der Waals surface area contributed by atoms with E-state index < -0.39 is 11.6 Å². The van der Waals surface area contributed by atoms with Crippen LogP contribution in [0.2, 0.25) is 0 Å². The average molecular weight is 354 g/mol. The summed E-state index contributed by atoms with van der Waals surface area (Å²) in [5.41, 5.74) is -0.518. The summed E-state index contributed by atoms with van der Waals surface area (Å²) in [5.74, 6) is -0.694. The zero-order valence-corrected chi connectivity index (χ0v) is 15.8. The van der Waals surface area contributed by atoms with Gasteiger partial charge in [-0.05, 0) is 19.3 Å². The van der Waals surface area contributed by atoms with Crippen LogP contribution in [-0.2, 0) is 19.1 Å². The van der Waals surface area contributed by atoms with Gasteiger partial charge in [-0.3, -0.25) is 4.79 Å². The number of rotatable bonds is 13. The molecule has 1 fully saturated rings. The topological polar surface area (TPSA) is 72.8 Å². The van der Waals surface area contributed by atoms with Gasteiger partial charge in [0.1, 0.15) is 6.61 Å². The fourth-order valence-corrected chi connectivity index (χ4v) is 2.92. The standard InChI is InChI=1S/C20H34O5/c1-3-5-7-9-10-12-17-14-20(15-21,25-19(17)23)16-24-18(22)13-11-8-6-4-2/h12,21H,3-11,13-16H2,1-2H3/b17-12-. The molecular formula is C20H34O5. The quantitative estimate of drug-likeness (QED) is 0.306. The van der Waals surface area contributed by atoms with Crippen molar-refractivity contribution < 1.29 is 24.2 Å². The third-order valence-corrected chi connectivity index (χ3v) is 4.55. The molecule has 0 aromatic rings. The van der Waals surface area contributed by atoms with Crippen LogP contribution in [0.25, 0.3) is 0 Å². The fraction of sp³-hybridized carbons (Fsp3) is 0.800. The number of aliphatic hydroxyl groups is 1. The molecule has 5 nitrogen and oxygen atoms in total. The van der Waals surface area contributed by atoms with Crippen molar-refractivity contribution in [1.82, 2.24) is 0 Å². The number of aliphatic hydroxyl groups excluding tert-OH is 1. The Morgan fingerprint density at radius 1 is 1.16 bits per heavy atom. The second-order valence-electron chi connectivity index (χ2n) is 6.96. The first-order valence-corrected chi connectivity index (χ1v) is 9.75. The van der Waals surface area contributed by atoms with Crippen LogP contribution >= 0.6 is 0 Å². The molecule has 0 amide bonds. The van der Waals surface area contributed by atoms with Gasteiger partial charge in [0, 0.05) is 18.4 Å². The van der Waals surface area contributed by atoms with E-state index in [1.807, 2.05) is 6.08 Å². The van der Waals surface area contributed by atoms with Crippen molar-refractivity contribution in [3.63, 3.8) is 0 Å². The molecule has 5 heteroatoms. The summed E-state index contributed by atoms with van der Waals surface area (Å²) in [4.78, 5) is 23.8. The van der Waals surface area contributed by atoms with E-state index >= 15 is 0 Å². The predicted molar refractivity (Wildman–Crippen MR) is 97.1 cm³/mol. The van der Waals surface area contributed by atoms with E-state index in [9.17, 15) is 14.7 Å². The zero-order chi connectivity index (χ0) is 18.5. The smallest absolute Gasteiger partial charge is 0.334 e. The SMILES string of the molecule is CCCCCC/C=C1/CC(CO)(COC(=O)CCCCCC)OC1=O. The van der Waals surface area contributed by atoms with Crippen LogP contribution in [0.4, 0.5) is 0 Å². The minimum absolute atomic E-state index is 0.0744. The minimum Gasteiger partial charge on any atom is -0.461 e. The predicted octanol–water partition coefficient (Wildman–Crippen LogP) is 4.07. The van der Waals surface area contributed by atoms with Gasteiger partial charge in [0.05, 0.1) is 6.61 Å². The molecule has 0 radical (unpaired) electrons. The van der Waals surface area contributed by atoms with Crippen LogP contribution in [0.1, 0.15) is 84.5 Å². The van der Waals surface area contributed by atoms with Gasteiger partial charge in [-0.1, -0.05) is 58.4 Å². The van der Waals surface area contributed by atoms with Crippen molar-refractivity contribution in [2.75, 3.05) is 13.2 Å². The fourth-order valence-electron chi connectivity index (χ4n) is 2.92. The maximum absolute atomic E-state index is 12.0. The molecule has 0 spiro atoms. The van der Waals surface area contributed by atoms with Gasteiger partial charge >= 0.3 is 11.9 Å². The molecule has 1 saturated heterocycles. The number of carbonyl (C=O) groups is 2. The Labute approximate surface area is 151 Å². The highest BCUT2D eigenvalue weighted by atomic mass is 16.6. The van der Waals surface area contributed by atoms with Gasteiger partial charge in [-0.15, -0.1) is 0 Å². The Hall–Kier alpha value is -1.36. The maximum Gasteiger partial charge on any atom is 0.334 e. The zero-order valence-electron chi connectivity index (χ0n) is 15.8. The number of ether oxygens (including phenoxy) is 2. The third-order valence-electron chi connectivity index (χ3n) is 4.55. The van der Waals surface area contributed by atoms with Crippen molar-refractivity contribution in [3.05, 3.63) is 11.6 Å². The van der Waals surface area contributed by atoms with E-state index in [1.165, 1.54) is 12.8 Å². The number of allylic oxidation sites excluding steroid dienone is 1. The summed E-state index contributed by atoms with van der Waals surface area (Å²) < 4.78 is 10.6. The van der Waals surface area contributed by atoms with Crippen LogP contribution in [0.5, 0.6) is 0 Å².